The van der Waals surface area contributed by atoms with Crippen LogP contribution in [-0.4, -0.2) is 13.0 Å². The Hall–Kier alpha value is -2.98. The summed E-state index contributed by atoms with van der Waals surface area (Å²) in [6.07, 6.45) is 0. The summed E-state index contributed by atoms with van der Waals surface area (Å²) in [5.41, 5.74) is 3.27. The Kier molecular flexibility index (Phi) is 6.78. The van der Waals surface area contributed by atoms with Crippen molar-refractivity contribution >= 4 is 23.2 Å². The van der Waals surface area contributed by atoms with Gasteiger partial charge in [-0.2, -0.15) is 0 Å². The molecule has 0 bridgehead atoms. The number of benzene rings is 3. The molecule has 0 spiro atoms. The Balaban J connectivity index is 1.74. The maximum Gasteiger partial charge on any atom is 0.255 e. The molecule has 1 amide bonds. The molecule has 150 valence electrons. The van der Waals surface area contributed by atoms with Crippen LogP contribution in [0.1, 0.15) is 41.3 Å². The minimum absolute atomic E-state index is 0.191. The number of hydrogen-bond acceptors (Lipinski definition) is 3. The van der Waals surface area contributed by atoms with Crippen LogP contribution in [0.4, 0.5) is 5.69 Å². The van der Waals surface area contributed by atoms with Gasteiger partial charge in [0.25, 0.3) is 5.91 Å². The molecule has 0 fully saturated rings. The van der Waals surface area contributed by atoms with Crippen molar-refractivity contribution in [2.24, 2.45) is 0 Å². The second-order valence-electron chi connectivity index (χ2n) is 6.98. The monoisotopic (exact) mass is 409 g/mol. The first-order chi connectivity index (χ1) is 14.0. The summed E-state index contributed by atoms with van der Waals surface area (Å²) >= 11 is 6.15. The standard InChI is InChI=1S/C24H24ClNO3/c1-16(2)17-8-11-20(12-9-17)26-24(27)18-10-13-22(28-3)19(14-18)15-29-23-7-5-4-6-21(23)25/h4-14,16H,15H2,1-3H3,(H,26,27). The lowest BCUT2D eigenvalue weighted by atomic mass is 10.0. The van der Waals surface area contributed by atoms with Crippen molar-refractivity contribution in [3.8, 4) is 11.5 Å². The van der Waals surface area contributed by atoms with E-state index in [2.05, 4.69) is 19.2 Å². The number of ether oxygens (including phenoxy) is 2. The van der Waals surface area contributed by atoms with Crippen LogP contribution in [0, 0.1) is 0 Å². The predicted octanol–water partition coefficient (Wildman–Crippen LogP) is 6.30. The fourth-order valence-corrected chi connectivity index (χ4v) is 3.09. The molecule has 0 unspecified atom stereocenters. The maximum absolute atomic E-state index is 12.7. The summed E-state index contributed by atoms with van der Waals surface area (Å²) in [7, 11) is 1.59. The summed E-state index contributed by atoms with van der Waals surface area (Å²) in [5, 5.41) is 3.46. The minimum Gasteiger partial charge on any atom is -0.496 e. The van der Waals surface area contributed by atoms with Gasteiger partial charge in [-0.25, -0.2) is 0 Å². The zero-order valence-corrected chi connectivity index (χ0v) is 17.5. The summed E-state index contributed by atoms with van der Waals surface area (Å²) in [5.74, 6) is 1.48. The van der Waals surface area contributed by atoms with Gasteiger partial charge >= 0.3 is 0 Å². The smallest absolute Gasteiger partial charge is 0.255 e. The Morgan fingerprint density at radius 3 is 2.38 bits per heavy atom. The van der Waals surface area contributed by atoms with Gasteiger partial charge in [0.2, 0.25) is 0 Å². The van der Waals surface area contributed by atoms with Crippen LogP contribution in [-0.2, 0) is 6.61 Å². The average Bonchev–Trinajstić information content (AvgIpc) is 2.73. The number of carbonyl (C=O) groups is 1. The van der Waals surface area contributed by atoms with E-state index in [0.717, 1.165) is 11.3 Å². The summed E-state index contributed by atoms with van der Waals surface area (Å²) < 4.78 is 11.2. The Morgan fingerprint density at radius 2 is 1.72 bits per heavy atom. The van der Waals surface area contributed by atoms with E-state index in [1.807, 2.05) is 36.4 Å². The molecule has 0 heterocycles. The van der Waals surface area contributed by atoms with Crippen molar-refractivity contribution in [1.82, 2.24) is 0 Å². The first-order valence-corrected chi connectivity index (χ1v) is 9.81. The number of halogens is 1. The zero-order valence-electron chi connectivity index (χ0n) is 16.7. The van der Waals surface area contributed by atoms with Gasteiger partial charge in [0, 0.05) is 16.8 Å². The molecule has 0 saturated heterocycles. The van der Waals surface area contributed by atoms with Gasteiger partial charge in [0.1, 0.15) is 18.1 Å². The third kappa shape index (κ3) is 5.30. The van der Waals surface area contributed by atoms with Crippen LogP contribution >= 0.6 is 11.6 Å². The van der Waals surface area contributed by atoms with Crippen LogP contribution in [0.5, 0.6) is 11.5 Å². The lowest BCUT2D eigenvalue weighted by Gasteiger charge is -2.13. The molecule has 3 aromatic carbocycles. The second-order valence-corrected chi connectivity index (χ2v) is 7.38. The van der Waals surface area contributed by atoms with E-state index in [1.54, 1.807) is 37.4 Å². The van der Waals surface area contributed by atoms with Crippen molar-refractivity contribution in [2.75, 3.05) is 12.4 Å². The Morgan fingerprint density at radius 1 is 1.00 bits per heavy atom. The van der Waals surface area contributed by atoms with Crippen LogP contribution in [0.3, 0.4) is 0 Å². The van der Waals surface area contributed by atoms with Crippen molar-refractivity contribution in [2.45, 2.75) is 26.4 Å². The Bertz CT molecular complexity index is 984. The predicted molar refractivity (Wildman–Crippen MR) is 117 cm³/mol. The third-order valence-electron chi connectivity index (χ3n) is 4.60. The summed E-state index contributed by atoms with van der Waals surface area (Å²) in [4.78, 5) is 12.7. The molecule has 3 rings (SSSR count). The molecule has 3 aromatic rings. The van der Waals surface area contributed by atoms with Crippen LogP contribution < -0.4 is 14.8 Å². The van der Waals surface area contributed by atoms with Crippen LogP contribution in [0.15, 0.2) is 66.7 Å². The first kappa shape index (κ1) is 20.7. The molecule has 0 aliphatic rings. The van der Waals surface area contributed by atoms with Gasteiger partial charge in [0.05, 0.1) is 12.1 Å². The summed E-state index contributed by atoms with van der Waals surface area (Å²) in [6, 6.07) is 20.4. The number of nitrogens with one attached hydrogen (secondary N) is 1. The highest BCUT2D eigenvalue weighted by atomic mass is 35.5. The van der Waals surface area contributed by atoms with E-state index >= 15 is 0 Å². The number of rotatable bonds is 7. The Labute approximate surface area is 176 Å². The molecule has 4 nitrogen and oxygen atoms in total. The van der Waals surface area contributed by atoms with Crippen molar-refractivity contribution in [1.29, 1.82) is 0 Å². The van der Waals surface area contributed by atoms with Gasteiger partial charge in [-0.3, -0.25) is 4.79 Å². The second kappa shape index (κ2) is 9.48. The largest absolute Gasteiger partial charge is 0.496 e. The molecule has 5 heteroatoms. The number of hydrogen-bond donors (Lipinski definition) is 1. The SMILES string of the molecule is COc1ccc(C(=O)Nc2ccc(C(C)C)cc2)cc1COc1ccccc1Cl. The topological polar surface area (TPSA) is 47.6 Å². The van der Waals surface area contributed by atoms with E-state index in [0.29, 0.717) is 28.0 Å². The first-order valence-electron chi connectivity index (χ1n) is 9.43. The highest BCUT2D eigenvalue weighted by molar-refractivity contribution is 6.32. The van der Waals surface area contributed by atoms with E-state index in [4.69, 9.17) is 21.1 Å². The van der Waals surface area contributed by atoms with Gasteiger partial charge in [-0.1, -0.05) is 49.7 Å². The quantitative estimate of drug-likeness (QED) is 0.497. The van der Waals surface area contributed by atoms with E-state index < -0.39 is 0 Å². The van der Waals surface area contributed by atoms with E-state index in [-0.39, 0.29) is 12.5 Å². The molecule has 1 N–H and O–H groups in total. The molecule has 0 saturated carbocycles. The molecule has 0 aliphatic heterocycles. The molecule has 0 radical (unpaired) electrons. The van der Waals surface area contributed by atoms with Crippen LogP contribution in [0.25, 0.3) is 0 Å². The van der Waals surface area contributed by atoms with Crippen molar-refractivity contribution in [3.05, 3.63) is 88.4 Å². The van der Waals surface area contributed by atoms with E-state index in [9.17, 15) is 4.79 Å². The molecular formula is C24H24ClNO3. The number of carbonyl (C=O) groups excluding carboxylic acids is 1. The highest BCUT2D eigenvalue weighted by Gasteiger charge is 2.12. The van der Waals surface area contributed by atoms with Gasteiger partial charge in [-0.05, 0) is 53.9 Å². The number of amides is 1. The lowest BCUT2D eigenvalue weighted by molar-refractivity contribution is 0.102. The lowest BCUT2D eigenvalue weighted by Crippen LogP contribution is -2.13. The van der Waals surface area contributed by atoms with Crippen molar-refractivity contribution in [3.63, 3.8) is 0 Å². The molecule has 0 aromatic heterocycles. The minimum atomic E-state index is -0.191. The maximum atomic E-state index is 12.7. The number of methoxy groups -OCH3 is 1. The van der Waals surface area contributed by atoms with Gasteiger partial charge in [-0.15, -0.1) is 0 Å². The number of para-hydroxylation sites is 1. The van der Waals surface area contributed by atoms with Crippen LogP contribution in [0.2, 0.25) is 5.02 Å². The van der Waals surface area contributed by atoms with Crippen molar-refractivity contribution < 1.29 is 14.3 Å². The normalized spacial score (nSPS) is 10.7. The van der Waals surface area contributed by atoms with Gasteiger partial charge in [0.15, 0.2) is 0 Å². The number of anilines is 1. The highest BCUT2D eigenvalue weighted by Crippen LogP contribution is 2.27. The summed E-state index contributed by atoms with van der Waals surface area (Å²) in [6.45, 7) is 4.51. The fourth-order valence-electron chi connectivity index (χ4n) is 2.90. The average molecular weight is 410 g/mol. The zero-order chi connectivity index (χ0) is 20.8. The molecular weight excluding hydrogens is 386 g/mol. The molecule has 0 atom stereocenters. The fraction of sp³-hybridized carbons (Fsp3) is 0.208. The molecule has 29 heavy (non-hydrogen) atoms. The van der Waals surface area contributed by atoms with Gasteiger partial charge < -0.3 is 14.8 Å². The molecule has 0 aliphatic carbocycles. The van der Waals surface area contributed by atoms with E-state index in [1.165, 1.54) is 5.56 Å². The third-order valence-corrected chi connectivity index (χ3v) is 4.91.